The smallest absolute Gasteiger partial charge is 0.230 e. The van der Waals surface area contributed by atoms with Gasteiger partial charge in [0.2, 0.25) is 5.91 Å². The number of amides is 1. The molecule has 0 aliphatic rings. The molecule has 0 aliphatic carbocycles. The standard InChI is InChI=1S/C18H23N3O/c1-12-8-13(2)10-15(9-12)20-14-6-7-16(19-11-14)21-17(22)18(3,4)5/h6-11,20H,1-5H3,(H,19,21,22). The third-order valence-corrected chi connectivity index (χ3v) is 3.20. The highest BCUT2D eigenvalue weighted by Crippen LogP contribution is 2.21. The van der Waals surface area contributed by atoms with Crippen molar-refractivity contribution < 1.29 is 4.79 Å². The molecule has 0 saturated heterocycles. The lowest BCUT2D eigenvalue weighted by atomic mass is 9.96. The van der Waals surface area contributed by atoms with Crippen LogP contribution >= 0.6 is 0 Å². The number of carbonyl (C=O) groups is 1. The molecule has 22 heavy (non-hydrogen) atoms. The van der Waals surface area contributed by atoms with E-state index >= 15 is 0 Å². The summed E-state index contributed by atoms with van der Waals surface area (Å²) in [6, 6.07) is 10.0. The Kier molecular flexibility index (Phi) is 4.50. The normalized spacial score (nSPS) is 11.1. The van der Waals surface area contributed by atoms with E-state index in [9.17, 15) is 4.79 Å². The van der Waals surface area contributed by atoms with Gasteiger partial charge in [-0.05, 0) is 49.2 Å². The van der Waals surface area contributed by atoms with E-state index in [1.807, 2.05) is 26.8 Å². The van der Waals surface area contributed by atoms with Gasteiger partial charge in [-0.3, -0.25) is 4.79 Å². The quantitative estimate of drug-likeness (QED) is 0.881. The van der Waals surface area contributed by atoms with Crippen molar-refractivity contribution in [2.24, 2.45) is 5.41 Å². The zero-order chi connectivity index (χ0) is 16.3. The first-order valence-electron chi connectivity index (χ1n) is 7.37. The number of benzene rings is 1. The number of nitrogens with zero attached hydrogens (tertiary/aromatic N) is 1. The number of aryl methyl sites for hydroxylation is 2. The molecule has 1 aromatic heterocycles. The third-order valence-electron chi connectivity index (χ3n) is 3.20. The van der Waals surface area contributed by atoms with Crippen LogP contribution in [0.1, 0.15) is 31.9 Å². The molecule has 1 amide bonds. The van der Waals surface area contributed by atoms with Crippen molar-refractivity contribution in [1.82, 2.24) is 4.98 Å². The molecule has 0 saturated carbocycles. The van der Waals surface area contributed by atoms with E-state index in [1.54, 1.807) is 12.3 Å². The maximum absolute atomic E-state index is 11.9. The topological polar surface area (TPSA) is 54.0 Å². The average Bonchev–Trinajstić information content (AvgIpc) is 2.38. The number of nitrogens with one attached hydrogen (secondary N) is 2. The van der Waals surface area contributed by atoms with Crippen LogP contribution in [-0.2, 0) is 4.79 Å². The Balaban J connectivity index is 2.07. The van der Waals surface area contributed by atoms with Crippen molar-refractivity contribution in [3.8, 4) is 0 Å². The summed E-state index contributed by atoms with van der Waals surface area (Å²) in [5.41, 5.74) is 3.91. The molecule has 1 heterocycles. The summed E-state index contributed by atoms with van der Waals surface area (Å²) >= 11 is 0. The summed E-state index contributed by atoms with van der Waals surface area (Å²) < 4.78 is 0. The molecule has 2 rings (SSSR count). The maximum Gasteiger partial charge on any atom is 0.230 e. The molecule has 2 N–H and O–H groups in total. The molecule has 2 aromatic rings. The van der Waals surface area contributed by atoms with Crippen LogP contribution in [0.3, 0.4) is 0 Å². The number of hydrogen-bond acceptors (Lipinski definition) is 3. The zero-order valence-electron chi connectivity index (χ0n) is 13.8. The Morgan fingerprint density at radius 3 is 2.14 bits per heavy atom. The number of aromatic nitrogens is 1. The van der Waals surface area contributed by atoms with Gasteiger partial charge in [-0.1, -0.05) is 26.8 Å². The summed E-state index contributed by atoms with van der Waals surface area (Å²) in [5, 5.41) is 6.13. The van der Waals surface area contributed by atoms with Gasteiger partial charge in [-0.2, -0.15) is 0 Å². The number of rotatable bonds is 3. The van der Waals surface area contributed by atoms with E-state index in [0.717, 1.165) is 11.4 Å². The van der Waals surface area contributed by atoms with Crippen LogP contribution in [0.2, 0.25) is 0 Å². The molecule has 0 radical (unpaired) electrons. The highest BCUT2D eigenvalue weighted by molar-refractivity contribution is 5.93. The lowest BCUT2D eigenvalue weighted by molar-refractivity contribution is -0.123. The average molecular weight is 297 g/mol. The number of hydrogen-bond donors (Lipinski definition) is 2. The molecule has 0 unspecified atom stereocenters. The summed E-state index contributed by atoms with van der Waals surface area (Å²) in [4.78, 5) is 16.2. The first-order chi connectivity index (χ1) is 10.2. The van der Waals surface area contributed by atoms with Crippen LogP contribution in [0.5, 0.6) is 0 Å². The molecule has 1 aromatic carbocycles. The first kappa shape index (κ1) is 16.0. The second-order valence-electron chi connectivity index (χ2n) is 6.64. The van der Waals surface area contributed by atoms with Gasteiger partial charge in [0.15, 0.2) is 0 Å². The Morgan fingerprint density at radius 1 is 1.00 bits per heavy atom. The van der Waals surface area contributed by atoms with E-state index in [4.69, 9.17) is 0 Å². The molecule has 0 atom stereocenters. The summed E-state index contributed by atoms with van der Waals surface area (Å²) in [6.07, 6.45) is 1.72. The molecule has 116 valence electrons. The van der Waals surface area contributed by atoms with Gasteiger partial charge in [0.1, 0.15) is 5.82 Å². The SMILES string of the molecule is Cc1cc(C)cc(Nc2ccc(NC(=O)C(C)(C)C)nc2)c1. The zero-order valence-corrected chi connectivity index (χ0v) is 13.8. The van der Waals surface area contributed by atoms with E-state index < -0.39 is 5.41 Å². The van der Waals surface area contributed by atoms with Gasteiger partial charge in [0.05, 0.1) is 11.9 Å². The van der Waals surface area contributed by atoms with Crippen molar-refractivity contribution in [1.29, 1.82) is 0 Å². The van der Waals surface area contributed by atoms with E-state index in [-0.39, 0.29) is 5.91 Å². The van der Waals surface area contributed by atoms with Crippen LogP contribution in [0.25, 0.3) is 0 Å². The second-order valence-corrected chi connectivity index (χ2v) is 6.64. The van der Waals surface area contributed by atoms with E-state index in [0.29, 0.717) is 5.82 Å². The van der Waals surface area contributed by atoms with Gasteiger partial charge in [0.25, 0.3) is 0 Å². The Hall–Kier alpha value is -2.36. The van der Waals surface area contributed by atoms with Crippen LogP contribution in [0, 0.1) is 19.3 Å². The minimum Gasteiger partial charge on any atom is -0.354 e. The van der Waals surface area contributed by atoms with Gasteiger partial charge in [-0.25, -0.2) is 4.98 Å². The van der Waals surface area contributed by atoms with Crippen LogP contribution < -0.4 is 10.6 Å². The molecular formula is C18H23N3O. The molecule has 0 aliphatic heterocycles. The van der Waals surface area contributed by atoms with Crippen molar-refractivity contribution >= 4 is 23.1 Å². The van der Waals surface area contributed by atoms with Gasteiger partial charge >= 0.3 is 0 Å². The fourth-order valence-corrected chi connectivity index (χ4v) is 2.06. The molecule has 0 spiro atoms. The fraction of sp³-hybridized carbons (Fsp3) is 0.333. The monoisotopic (exact) mass is 297 g/mol. The minimum absolute atomic E-state index is 0.0463. The van der Waals surface area contributed by atoms with E-state index in [1.165, 1.54) is 11.1 Å². The van der Waals surface area contributed by atoms with Crippen molar-refractivity contribution in [2.45, 2.75) is 34.6 Å². The molecule has 0 fully saturated rings. The Bertz CT molecular complexity index is 649. The first-order valence-corrected chi connectivity index (χ1v) is 7.37. The number of carbonyl (C=O) groups excluding carboxylic acids is 1. The Morgan fingerprint density at radius 2 is 1.64 bits per heavy atom. The lowest BCUT2D eigenvalue weighted by Crippen LogP contribution is -2.27. The molecule has 0 bridgehead atoms. The highest BCUT2D eigenvalue weighted by atomic mass is 16.2. The summed E-state index contributed by atoms with van der Waals surface area (Å²) in [7, 11) is 0. The van der Waals surface area contributed by atoms with Crippen molar-refractivity contribution in [3.05, 3.63) is 47.7 Å². The molecular weight excluding hydrogens is 274 g/mol. The van der Waals surface area contributed by atoms with Crippen LogP contribution in [0.4, 0.5) is 17.2 Å². The summed E-state index contributed by atoms with van der Waals surface area (Å²) in [5.74, 6) is 0.515. The molecule has 4 nitrogen and oxygen atoms in total. The van der Waals surface area contributed by atoms with Gasteiger partial charge in [-0.15, -0.1) is 0 Å². The van der Waals surface area contributed by atoms with Crippen molar-refractivity contribution in [3.63, 3.8) is 0 Å². The van der Waals surface area contributed by atoms with E-state index in [2.05, 4.69) is 47.7 Å². The third kappa shape index (κ3) is 4.32. The summed E-state index contributed by atoms with van der Waals surface area (Å²) in [6.45, 7) is 9.76. The van der Waals surface area contributed by atoms with Crippen molar-refractivity contribution in [2.75, 3.05) is 10.6 Å². The highest BCUT2D eigenvalue weighted by Gasteiger charge is 2.21. The second kappa shape index (κ2) is 6.18. The van der Waals surface area contributed by atoms with Gasteiger partial charge < -0.3 is 10.6 Å². The minimum atomic E-state index is -0.433. The Labute approximate surface area is 132 Å². The lowest BCUT2D eigenvalue weighted by Gasteiger charge is -2.17. The largest absolute Gasteiger partial charge is 0.354 e. The van der Waals surface area contributed by atoms with Gasteiger partial charge in [0, 0.05) is 11.1 Å². The van der Waals surface area contributed by atoms with Crippen LogP contribution in [0.15, 0.2) is 36.5 Å². The number of pyridine rings is 1. The molecule has 4 heteroatoms. The maximum atomic E-state index is 11.9. The fourth-order valence-electron chi connectivity index (χ4n) is 2.06. The van der Waals surface area contributed by atoms with Crippen LogP contribution in [-0.4, -0.2) is 10.9 Å². The predicted molar refractivity (Wildman–Crippen MR) is 91.5 cm³/mol. The predicted octanol–water partition coefficient (Wildman–Crippen LogP) is 4.43. The number of anilines is 3.